The molecule has 10 heavy (non-hydrogen) atoms. The quantitative estimate of drug-likeness (QED) is 0.553. The summed E-state index contributed by atoms with van der Waals surface area (Å²) in [7, 11) is 0. The summed E-state index contributed by atoms with van der Waals surface area (Å²) < 4.78 is 5.04. The Kier molecular flexibility index (Phi) is 3.40. The minimum Gasteiger partial charge on any atom is -0.460 e. The number of carbonyl (C=O) groups excluding carboxylic acids is 1. The van der Waals surface area contributed by atoms with E-state index in [-0.39, 0.29) is 11.6 Å². The van der Waals surface area contributed by atoms with Gasteiger partial charge in [-0.3, -0.25) is 4.79 Å². The summed E-state index contributed by atoms with van der Waals surface area (Å²) in [5.41, 5.74) is -0.327. The predicted octanol–water partition coefficient (Wildman–Crippen LogP) is 2.13. The lowest BCUT2D eigenvalue weighted by Gasteiger charge is -2.18. The topological polar surface area (TPSA) is 26.3 Å². The highest BCUT2D eigenvalue weighted by Crippen LogP contribution is 2.08. The second-order valence-corrected chi connectivity index (χ2v) is 3.34. The molecule has 0 aromatic carbocycles. The van der Waals surface area contributed by atoms with Gasteiger partial charge in [-0.05, 0) is 27.2 Å². The highest BCUT2D eigenvalue weighted by molar-refractivity contribution is 5.69. The fraction of sp³-hybridized carbons (Fsp3) is 0.875. The SMILES string of the molecule is CC(C)(C)OC(=O)CC[11CH3]. The van der Waals surface area contributed by atoms with E-state index in [4.69, 9.17) is 4.74 Å². The molecule has 0 N–H and O–H groups in total. The van der Waals surface area contributed by atoms with Gasteiger partial charge in [0, 0.05) is 6.42 Å². The largest absolute Gasteiger partial charge is 0.460 e. The summed E-state index contributed by atoms with van der Waals surface area (Å²) >= 11 is 0. The van der Waals surface area contributed by atoms with Gasteiger partial charge >= 0.3 is 5.97 Å². The molecule has 0 spiro atoms. The Morgan fingerprint density at radius 1 is 1.40 bits per heavy atom. The van der Waals surface area contributed by atoms with Gasteiger partial charge in [-0.1, -0.05) is 6.92 Å². The molecule has 0 fully saturated rings. The van der Waals surface area contributed by atoms with Crippen LogP contribution < -0.4 is 0 Å². The Labute approximate surface area is 62.6 Å². The first-order valence-corrected chi connectivity index (χ1v) is 3.67. The van der Waals surface area contributed by atoms with Gasteiger partial charge in [0.15, 0.2) is 0 Å². The molecule has 0 aliphatic heterocycles. The maximum Gasteiger partial charge on any atom is 0.306 e. The minimum absolute atomic E-state index is 0.102. The van der Waals surface area contributed by atoms with E-state index < -0.39 is 0 Å². The van der Waals surface area contributed by atoms with E-state index in [1.165, 1.54) is 0 Å². The van der Waals surface area contributed by atoms with Gasteiger partial charge in [-0.25, -0.2) is 0 Å². The highest BCUT2D eigenvalue weighted by atomic mass is 16.6. The maximum absolute atomic E-state index is 10.8. The van der Waals surface area contributed by atoms with Gasteiger partial charge in [0.1, 0.15) is 5.60 Å². The molecule has 60 valence electrons. The first-order valence-electron chi connectivity index (χ1n) is 3.67. The van der Waals surface area contributed by atoms with Crippen LogP contribution in [0.15, 0.2) is 0 Å². The summed E-state index contributed by atoms with van der Waals surface area (Å²) in [4.78, 5) is 10.8. The standard InChI is InChI=1S/C8H16O2/c1-5-6-7(9)10-8(2,3)4/h5-6H2,1-4H3/i1-1. The van der Waals surface area contributed by atoms with Crippen molar-refractivity contribution in [2.75, 3.05) is 0 Å². The summed E-state index contributed by atoms with van der Waals surface area (Å²) in [6, 6.07) is 0. The van der Waals surface area contributed by atoms with Crippen LogP contribution >= 0.6 is 0 Å². The van der Waals surface area contributed by atoms with Gasteiger partial charge in [0.25, 0.3) is 0 Å². The maximum atomic E-state index is 10.8. The molecular formula is C8H16O2. The molecule has 0 radical (unpaired) electrons. The summed E-state index contributed by atoms with van der Waals surface area (Å²) in [5, 5.41) is 0. The number of ether oxygens (including phenoxy) is 1. The molecule has 0 heterocycles. The molecule has 0 aliphatic rings. The van der Waals surface area contributed by atoms with E-state index in [2.05, 4.69) is 0 Å². The van der Waals surface area contributed by atoms with Gasteiger partial charge in [-0.15, -0.1) is 0 Å². The van der Waals surface area contributed by atoms with E-state index >= 15 is 0 Å². The van der Waals surface area contributed by atoms with Crippen molar-refractivity contribution >= 4 is 5.97 Å². The van der Waals surface area contributed by atoms with Crippen LogP contribution in [0.2, 0.25) is 0 Å². The Morgan fingerprint density at radius 2 is 1.90 bits per heavy atom. The van der Waals surface area contributed by atoms with Gasteiger partial charge < -0.3 is 4.74 Å². The third-order valence-corrected chi connectivity index (χ3v) is 0.874. The highest BCUT2D eigenvalue weighted by Gasteiger charge is 2.14. The molecule has 0 amide bonds. The van der Waals surface area contributed by atoms with Crippen molar-refractivity contribution in [3.8, 4) is 0 Å². The Morgan fingerprint density at radius 3 is 2.20 bits per heavy atom. The second kappa shape index (κ2) is 3.59. The number of esters is 1. The lowest BCUT2D eigenvalue weighted by molar-refractivity contribution is -0.154. The third-order valence-electron chi connectivity index (χ3n) is 0.874. The zero-order chi connectivity index (χ0) is 8.20. The molecule has 0 unspecified atom stereocenters. The number of hydrogen-bond acceptors (Lipinski definition) is 2. The number of hydrogen-bond donors (Lipinski definition) is 0. The normalized spacial score (nSPS) is 11.2. The number of rotatable bonds is 2. The molecule has 0 aliphatic carbocycles. The molecule has 0 aromatic rings. The van der Waals surface area contributed by atoms with Crippen LogP contribution in [0.25, 0.3) is 0 Å². The van der Waals surface area contributed by atoms with Crippen LogP contribution in [-0.4, -0.2) is 11.6 Å². The number of carbonyl (C=O) groups is 1. The lowest BCUT2D eigenvalue weighted by Crippen LogP contribution is -2.23. The molecule has 0 aromatic heterocycles. The van der Waals surface area contributed by atoms with Crippen LogP contribution in [0.5, 0.6) is 0 Å². The predicted molar refractivity (Wildman–Crippen MR) is 40.8 cm³/mol. The van der Waals surface area contributed by atoms with Crippen molar-refractivity contribution in [2.24, 2.45) is 0 Å². The van der Waals surface area contributed by atoms with E-state index in [0.717, 1.165) is 6.42 Å². The van der Waals surface area contributed by atoms with Crippen molar-refractivity contribution in [1.29, 1.82) is 0 Å². The first kappa shape index (κ1) is 9.47. The minimum atomic E-state index is -0.327. The van der Waals surface area contributed by atoms with Gasteiger partial charge in [0.2, 0.25) is 0 Å². The Balaban J connectivity index is 3.58. The first-order chi connectivity index (χ1) is 4.45. The van der Waals surface area contributed by atoms with Crippen molar-refractivity contribution < 1.29 is 9.53 Å². The van der Waals surface area contributed by atoms with Crippen LogP contribution in [0.1, 0.15) is 40.5 Å². The molecule has 2 nitrogen and oxygen atoms in total. The summed E-state index contributed by atoms with van der Waals surface area (Å²) in [6.07, 6.45) is 1.38. The fourth-order valence-electron chi connectivity index (χ4n) is 0.597. The van der Waals surface area contributed by atoms with Crippen LogP contribution in [0.3, 0.4) is 0 Å². The summed E-state index contributed by atoms with van der Waals surface area (Å²) in [6.45, 7) is 7.59. The van der Waals surface area contributed by atoms with Crippen molar-refractivity contribution in [3.63, 3.8) is 0 Å². The average molecular weight is 143 g/mol. The molecule has 0 saturated carbocycles. The average Bonchev–Trinajstić information content (AvgIpc) is 1.59. The zero-order valence-electron chi connectivity index (χ0n) is 7.23. The van der Waals surface area contributed by atoms with Crippen molar-refractivity contribution in [2.45, 2.75) is 46.1 Å². The van der Waals surface area contributed by atoms with Crippen LogP contribution in [0.4, 0.5) is 0 Å². The Hall–Kier alpha value is -0.530. The van der Waals surface area contributed by atoms with Gasteiger partial charge in [0.05, 0.1) is 0 Å². The summed E-state index contributed by atoms with van der Waals surface area (Å²) in [5.74, 6) is -0.102. The van der Waals surface area contributed by atoms with Crippen molar-refractivity contribution in [3.05, 3.63) is 0 Å². The lowest BCUT2D eigenvalue weighted by atomic mass is 10.1. The smallest absolute Gasteiger partial charge is 0.306 e. The molecule has 0 atom stereocenters. The molecule has 0 saturated heterocycles. The van der Waals surface area contributed by atoms with Crippen molar-refractivity contribution in [1.82, 2.24) is 0 Å². The Bertz CT molecular complexity index is 111. The molecule has 0 bridgehead atoms. The van der Waals surface area contributed by atoms with E-state index in [9.17, 15) is 4.79 Å². The molecule has 2 heteroatoms. The van der Waals surface area contributed by atoms with E-state index in [1.54, 1.807) is 0 Å². The second-order valence-electron chi connectivity index (χ2n) is 3.34. The monoisotopic (exact) mass is 143 g/mol. The van der Waals surface area contributed by atoms with E-state index in [1.807, 2.05) is 27.7 Å². The molecular weight excluding hydrogens is 127 g/mol. The van der Waals surface area contributed by atoms with Gasteiger partial charge in [-0.2, -0.15) is 0 Å². The van der Waals surface area contributed by atoms with E-state index in [0.29, 0.717) is 6.42 Å². The van der Waals surface area contributed by atoms with Crippen LogP contribution in [0, 0.1) is 0 Å². The van der Waals surface area contributed by atoms with Crippen LogP contribution in [-0.2, 0) is 9.53 Å². The molecule has 0 rings (SSSR count). The third kappa shape index (κ3) is 5.60. The zero-order valence-corrected chi connectivity index (χ0v) is 7.23. The fourth-order valence-corrected chi connectivity index (χ4v) is 0.597.